The number of amides is 1. The summed E-state index contributed by atoms with van der Waals surface area (Å²) in [5.74, 6) is -2.14. The van der Waals surface area contributed by atoms with E-state index in [4.69, 9.17) is 4.74 Å². The number of anilines is 2. The molecule has 3 aliphatic rings. The maximum Gasteiger partial charge on any atom is 0.309 e. The van der Waals surface area contributed by atoms with Crippen LogP contribution in [-0.4, -0.2) is 90.2 Å². The highest BCUT2D eigenvalue weighted by atomic mass is 19.1. The first-order valence-corrected chi connectivity index (χ1v) is 18.0. The van der Waals surface area contributed by atoms with E-state index in [9.17, 15) is 14.0 Å². The van der Waals surface area contributed by atoms with Crippen molar-refractivity contribution in [3.05, 3.63) is 77.1 Å². The Morgan fingerprint density at radius 2 is 1.73 bits per heavy atom. The van der Waals surface area contributed by atoms with Gasteiger partial charge in [0.2, 0.25) is 11.9 Å². The highest BCUT2D eigenvalue weighted by molar-refractivity contribution is 5.92. The zero-order chi connectivity index (χ0) is 34.3. The summed E-state index contributed by atoms with van der Waals surface area (Å²) in [5, 5.41) is 3.07. The third kappa shape index (κ3) is 8.67. The molecule has 49 heavy (non-hydrogen) atoms. The fourth-order valence-corrected chi connectivity index (χ4v) is 7.82. The molecule has 1 aromatic heterocycles. The van der Waals surface area contributed by atoms with E-state index < -0.39 is 23.5 Å². The Kier molecular flexibility index (Phi) is 11.6. The Balaban J connectivity index is 1.14. The van der Waals surface area contributed by atoms with Crippen molar-refractivity contribution in [2.75, 3.05) is 69.2 Å². The smallest absolute Gasteiger partial charge is 0.309 e. The molecule has 3 aromatic rings. The van der Waals surface area contributed by atoms with Gasteiger partial charge in [-0.15, -0.1) is 0 Å². The second kappa shape index (κ2) is 16.3. The van der Waals surface area contributed by atoms with E-state index in [1.165, 1.54) is 31.4 Å². The summed E-state index contributed by atoms with van der Waals surface area (Å²) in [6, 6.07) is 10.0. The van der Waals surface area contributed by atoms with Crippen LogP contribution < -0.4 is 10.2 Å². The standard InChI is InChI=1S/C38H50F2N6O3/c1-3-49-37(48)28-12-19-45(20-13-28)35-22-27(2)8-9-29(35)24-46-21-14-41-38(46)42-36(47)33-26-44(18-7-17-43-15-5-4-6-16-43)25-32(33)31-11-10-30(39)23-34(31)40/h8-11,14,21-23,28,32-33H,3-7,12-13,15-20,24-26H2,1-2H3,(H,41,42,47)/t32-,33+/m0/s1. The molecule has 0 bridgehead atoms. The molecule has 0 spiro atoms. The third-order valence-corrected chi connectivity index (χ3v) is 10.5. The van der Waals surface area contributed by atoms with Gasteiger partial charge >= 0.3 is 5.97 Å². The second-order valence-corrected chi connectivity index (χ2v) is 13.9. The first kappa shape index (κ1) is 35.0. The van der Waals surface area contributed by atoms with Gasteiger partial charge in [0, 0.05) is 56.2 Å². The number of piperidine rings is 2. The molecule has 0 radical (unpaired) electrons. The number of carbonyl (C=O) groups excluding carboxylic acids is 2. The molecule has 0 unspecified atom stereocenters. The topological polar surface area (TPSA) is 82.9 Å². The summed E-state index contributed by atoms with van der Waals surface area (Å²) in [7, 11) is 0. The lowest BCUT2D eigenvalue weighted by Crippen LogP contribution is -2.37. The summed E-state index contributed by atoms with van der Waals surface area (Å²) >= 11 is 0. The third-order valence-electron chi connectivity index (χ3n) is 10.5. The number of hydrogen-bond donors (Lipinski definition) is 1. The molecule has 6 rings (SSSR count). The summed E-state index contributed by atoms with van der Waals surface area (Å²) in [4.78, 5) is 37.9. The van der Waals surface area contributed by atoms with Gasteiger partial charge in [0.25, 0.3) is 0 Å². The fraction of sp³-hybridized carbons (Fsp3) is 0.553. The van der Waals surface area contributed by atoms with E-state index in [2.05, 4.69) is 50.1 Å². The Bertz CT molecular complexity index is 1580. The Labute approximate surface area is 288 Å². The van der Waals surface area contributed by atoms with Gasteiger partial charge in [-0.2, -0.15) is 0 Å². The first-order chi connectivity index (χ1) is 23.8. The zero-order valence-corrected chi connectivity index (χ0v) is 28.9. The van der Waals surface area contributed by atoms with Gasteiger partial charge in [0.1, 0.15) is 11.6 Å². The number of hydrogen-bond acceptors (Lipinski definition) is 7. The molecule has 9 nitrogen and oxygen atoms in total. The largest absolute Gasteiger partial charge is 0.466 e. The average molecular weight is 677 g/mol. The van der Waals surface area contributed by atoms with Crippen LogP contribution in [0.2, 0.25) is 0 Å². The fourth-order valence-electron chi connectivity index (χ4n) is 7.82. The SMILES string of the molecule is CCOC(=O)C1CCN(c2cc(C)ccc2Cn2ccnc2NC(=O)[C@@H]2CN(CCCN3CCCCC3)C[C@H]2c2ccc(F)cc2F)CC1. The normalized spacial score (nSPS) is 20.9. The molecule has 3 saturated heterocycles. The van der Waals surface area contributed by atoms with Gasteiger partial charge in [-0.25, -0.2) is 13.8 Å². The van der Waals surface area contributed by atoms with E-state index >= 15 is 4.39 Å². The van der Waals surface area contributed by atoms with E-state index in [-0.39, 0.29) is 17.8 Å². The lowest BCUT2D eigenvalue weighted by atomic mass is 9.88. The van der Waals surface area contributed by atoms with Crippen LogP contribution in [0.3, 0.4) is 0 Å². The molecule has 1 amide bonds. The van der Waals surface area contributed by atoms with Gasteiger partial charge < -0.3 is 24.0 Å². The Hall–Kier alpha value is -3.83. The van der Waals surface area contributed by atoms with Crippen molar-refractivity contribution < 1.29 is 23.1 Å². The number of benzene rings is 2. The molecule has 1 N–H and O–H groups in total. The minimum Gasteiger partial charge on any atom is -0.466 e. The van der Waals surface area contributed by atoms with Crippen LogP contribution in [0.1, 0.15) is 68.1 Å². The minimum atomic E-state index is -0.625. The number of likely N-dealkylation sites (tertiary alicyclic amines) is 2. The lowest BCUT2D eigenvalue weighted by Gasteiger charge is -2.34. The Morgan fingerprint density at radius 1 is 0.959 bits per heavy atom. The summed E-state index contributed by atoms with van der Waals surface area (Å²) in [5.41, 5.74) is 3.71. The molecule has 3 fully saturated rings. The van der Waals surface area contributed by atoms with Crippen molar-refractivity contribution in [3.63, 3.8) is 0 Å². The quantitative estimate of drug-likeness (QED) is 0.242. The molecule has 3 aliphatic heterocycles. The number of nitrogens with zero attached hydrogens (tertiary/aromatic N) is 5. The number of nitrogens with one attached hydrogen (secondary N) is 1. The predicted octanol–water partition coefficient (Wildman–Crippen LogP) is 5.83. The summed E-state index contributed by atoms with van der Waals surface area (Å²) < 4.78 is 36.2. The number of halogens is 2. The van der Waals surface area contributed by atoms with Crippen LogP contribution in [0.25, 0.3) is 0 Å². The monoisotopic (exact) mass is 676 g/mol. The maximum atomic E-state index is 15.1. The second-order valence-electron chi connectivity index (χ2n) is 13.9. The van der Waals surface area contributed by atoms with Gasteiger partial charge in [-0.05, 0) is 101 Å². The Morgan fingerprint density at radius 3 is 2.49 bits per heavy atom. The zero-order valence-electron chi connectivity index (χ0n) is 28.9. The van der Waals surface area contributed by atoms with E-state index in [0.717, 1.165) is 81.4 Å². The molecule has 264 valence electrons. The van der Waals surface area contributed by atoms with Crippen LogP contribution >= 0.6 is 0 Å². The van der Waals surface area contributed by atoms with Crippen molar-refractivity contribution in [1.82, 2.24) is 19.4 Å². The van der Waals surface area contributed by atoms with Crippen molar-refractivity contribution in [3.8, 4) is 0 Å². The number of carbonyl (C=O) groups is 2. The number of imidazole rings is 1. The number of aromatic nitrogens is 2. The molecule has 11 heteroatoms. The van der Waals surface area contributed by atoms with E-state index in [1.807, 2.05) is 17.7 Å². The summed E-state index contributed by atoms with van der Waals surface area (Å²) in [6.45, 7) is 11.5. The number of aryl methyl sites for hydroxylation is 1. The predicted molar refractivity (Wildman–Crippen MR) is 187 cm³/mol. The van der Waals surface area contributed by atoms with Crippen LogP contribution in [0, 0.1) is 30.4 Å². The van der Waals surface area contributed by atoms with Gasteiger partial charge in [0.05, 0.1) is 25.0 Å². The lowest BCUT2D eigenvalue weighted by molar-refractivity contribution is -0.148. The van der Waals surface area contributed by atoms with Gasteiger partial charge in [0.15, 0.2) is 0 Å². The van der Waals surface area contributed by atoms with Crippen molar-refractivity contribution in [2.24, 2.45) is 11.8 Å². The molecule has 2 aromatic carbocycles. The molecular formula is C38H50F2N6O3. The molecule has 0 aliphatic carbocycles. The van der Waals surface area contributed by atoms with E-state index in [0.29, 0.717) is 37.8 Å². The van der Waals surface area contributed by atoms with Crippen molar-refractivity contribution >= 4 is 23.5 Å². The molecule has 4 heterocycles. The van der Waals surface area contributed by atoms with E-state index in [1.54, 1.807) is 6.20 Å². The van der Waals surface area contributed by atoms with Crippen molar-refractivity contribution in [1.29, 1.82) is 0 Å². The molecule has 2 atom stereocenters. The molecule has 0 saturated carbocycles. The first-order valence-electron chi connectivity index (χ1n) is 18.0. The van der Waals surface area contributed by atoms with Crippen molar-refractivity contribution in [2.45, 2.75) is 64.8 Å². The summed E-state index contributed by atoms with van der Waals surface area (Å²) in [6.07, 6.45) is 9.78. The molecular weight excluding hydrogens is 626 g/mol. The number of rotatable bonds is 12. The highest BCUT2D eigenvalue weighted by Crippen LogP contribution is 2.36. The maximum absolute atomic E-state index is 15.1. The average Bonchev–Trinajstić information content (AvgIpc) is 3.73. The van der Waals surface area contributed by atoms with Crippen LogP contribution in [0.5, 0.6) is 0 Å². The highest BCUT2D eigenvalue weighted by Gasteiger charge is 2.40. The minimum absolute atomic E-state index is 0.0756. The van der Waals surface area contributed by atoms with Crippen LogP contribution in [0.4, 0.5) is 20.4 Å². The number of esters is 1. The van der Waals surface area contributed by atoms with Crippen LogP contribution in [-0.2, 0) is 20.9 Å². The number of ether oxygens (including phenoxy) is 1. The van der Waals surface area contributed by atoms with Crippen LogP contribution in [0.15, 0.2) is 48.8 Å². The van der Waals surface area contributed by atoms with Gasteiger partial charge in [-0.3, -0.25) is 14.9 Å². The van der Waals surface area contributed by atoms with Gasteiger partial charge in [-0.1, -0.05) is 24.6 Å².